The predicted octanol–water partition coefficient (Wildman–Crippen LogP) is 3.13. The van der Waals surface area contributed by atoms with Crippen molar-refractivity contribution in [3.05, 3.63) is 60.4 Å². The zero-order chi connectivity index (χ0) is 16.7. The molecule has 1 amide bonds. The van der Waals surface area contributed by atoms with E-state index in [2.05, 4.69) is 11.7 Å². The molecule has 1 aromatic heterocycles. The summed E-state index contributed by atoms with van der Waals surface area (Å²) in [5.74, 6) is 0.538. The fourth-order valence-electron chi connectivity index (χ4n) is 2.30. The molecule has 5 heteroatoms. The minimum atomic E-state index is -0.0450. The Morgan fingerprint density at radius 3 is 2.83 bits per heavy atom. The molecule has 2 rings (SSSR count). The zero-order valence-electron chi connectivity index (χ0n) is 13.7. The number of para-hydroxylation sites is 1. The van der Waals surface area contributed by atoms with Crippen LogP contribution in [0, 0.1) is 0 Å². The number of ether oxygens (including phenoxy) is 1. The summed E-state index contributed by atoms with van der Waals surface area (Å²) in [5, 5.41) is 4.26. The van der Waals surface area contributed by atoms with Gasteiger partial charge in [-0.05, 0) is 26.0 Å². The first-order valence-corrected chi connectivity index (χ1v) is 7.82. The Bertz CT molecular complexity index is 664. The number of hydrogen-bond acceptors (Lipinski definition) is 3. The van der Waals surface area contributed by atoms with E-state index in [1.807, 2.05) is 36.9 Å². The van der Waals surface area contributed by atoms with Crippen molar-refractivity contribution in [3.8, 4) is 5.75 Å². The van der Waals surface area contributed by atoms with Crippen LogP contribution in [-0.2, 0) is 13.1 Å². The van der Waals surface area contributed by atoms with E-state index in [0.717, 1.165) is 12.1 Å². The molecular formula is C18H23N3O2. The average Bonchev–Trinajstić information content (AvgIpc) is 3.05. The summed E-state index contributed by atoms with van der Waals surface area (Å²) in [7, 11) is 0. The van der Waals surface area contributed by atoms with Crippen molar-refractivity contribution in [3.63, 3.8) is 0 Å². The Labute approximate surface area is 137 Å². The monoisotopic (exact) mass is 313 g/mol. The molecule has 0 saturated carbocycles. The molecule has 0 unspecified atom stereocenters. The number of amides is 1. The van der Waals surface area contributed by atoms with Gasteiger partial charge in [-0.15, -0.1) is 0 Å². The van der Waals surface area contributed by atoms with Gasteiger partial charge in [0, 0.05) is 31.4 Å². The summed E-state index contributed by atoms with van der Waals surface area (Å²) in [6, 6.07) is 7.30. The SMILES string of the molecule is C=CCOc1ccccc1C(=O)N(CC)Cc1cnn(CC)c1. The molecule has 0 aliphatic carbocycles. The first-order valence-electron chi connectivity index (χ1n) is 7.82. The number of aryl methyl sites for hydroxylation is 1. The molecule has 0 saturated heterocycles. The summed E-state index contributed by atoms with van der Waals surface area (Å²) in [4.78, 5) is 14.6. The van der Waals surface area contributed by atoms with Gasteiger partial charge in [0.1, 0.15) is 12.4 Å². The van der Waals surface area contributed by atoms with Gasteiger partial charge in [0.05, 0.1) is 11.8 Å². The Morgan fingerprint density at radius 2 is 2.17 bits per heavy atom. The lowest BCUT2D eigenvalue weighted by Crippen LogP contribution is -2.30. The normalized spacial score (nSPS) is 10.3. The van der Waals surface area contributed by atoms with Crippen molar-refractivity contribution in [1.82, 2.24) is 14.7 Å². The Morgan fingerprint density at radius 1 is 1.39 bits per heavy atom. The summed E-state index contributed by atoms with van der Waals surface area (Å²) in [6.07, 6.45) is 5.44. The third-order valence-electron chi connectivity index (χ3n) is 3.53. The van der Waals surface area contributed by atoms with Crippen LogP contribution in [0.3, 0.4) is 0 Å². The van der Waals surface area contributed by atoms with E-state index < -0.39 is 0 Å². The van der Waals surface area contributed by atoms with Gasteiger partial charge < -0.3 is 9.64 Å². The van der Waals surface area contributed by atoms with Crippen molar-refractivity contribution in [2.75, 3.05) is 13.2 Å². The number of carbonyl (C=O) groups is 1. The second-order valence-corrected chi connectivity index (χ2v) is 5.12. The van der Waals surface area contributed by atoms with E-state index >= 15 is 0 Å². The fraction of sp³-hybridized carbons (Fsp3) is 0.333. The molecule has 5 nitrogen and oxygen atoms in total. The third-order valence-corrected chi connectivity index (χ3v) is 3.53. The number of benzene rings is 1. The van der Waals surface area contributed by atoms with Crippen molar-refractivity contribution < 1.29 is 9.53 Å². The molecule has 122 valence electrons. The maximum Gasteiger partial charge on any atom is 0.257 e. The van der Waals surface area contributed by atoms with Crippen LogP contribution in [0.25, 0.3) is 0 Å². The van der Waals surface area contributed by atoms with Gasteiger partial charge in [-0.3, -0.25) is 9.48 Å². The molecule has 0 spiro atoms. The molecule has 1 heterocycles. The first kappa shape index (κ1) is 16.8. The molecule has 0 radical (unpaired) electrons. The van der Waals surface area contributed by atoms with Gasteiger partial charge in [-0.2, -0.15) is 5.10 Å². The van der Waals surface area contributed by atoms with Crippen LogP contribution in [0.1, 0.15) is 29.8 Å². The van der Waals surface area contributed by atoms with Crippen LogP contribution in [0.5, 0.6) is 5.75 Å². The Hall–Kier alpha value is -2.56. The first-order chi connectivity index (χ1) is 11.2. The standard InChI is InChI=1S/C18H23N3O2/c1-4-11-23-17-10-8-7-9-16(17)18(22)20(5-2)13-15-12-19-21(6-3)14-15/h4,7-10,12,14H,1,5-6,11,13H2,2-3H3. The Balaban J connectivity index is 2.17. The molecule has 0 aliphatic heterocycles. The summed E-state index contributed by atoms with van der Waals surface area (Å²) in [5.41, 5.74) is 1.59. The minimum absolute atomic E-state index is 0.0450. The number of aromatic nitrogens is 2. The predicted molar refractivity (Wildman–Crippen MR) is 90.4 cm³/mol. The lowest BCUT2D eigenvalue weighted by molar-refractivity contribution is 0.0748. The Kier molecular flexibility index (Phi) is 5.97. The van der Waals surface area contributed by atoms with Crippen LogP contribution in [-0.4, -0.2) is 33.7 Å². The van der Waals surface area contributed by atoms with Crippen LogP contribution >= 0.6 is 0 Å². The van der Waals surface area contributed by atoms with Crippen LogP contribution in [0.4, 0.5) is 0 Å². The smallest absolute Gasteiger partial charge is 0.257 e. The van der Waals surface area contributed by atoms with Gasteiger partial charge in [0.15, 0.2) is 0 Å². The highest BCUT2D eigenvalue weighted by Crippen LogP contribution is 2.21. The summed E-state index contributed by atoms with van der Waals surface area (Å²) < 4.78 is 7.45. The topological polar surface area (TPSA) is 47.4 Å². The minimum Gasteiger partial charge on any atom is -0.489 e. The van der Waals surface area contributed by atoms with E-state index in [1.165, 1.54) is 0 Å². The lowest BCUT2D eigenvalue weighted by Gasteiger charge is -2.21. The second kappa shape index (κ2) is 8.17. The van der Waals surface area contributed by atoms with E-state index in [4.69, 9.17) is 4.74 Å². The second-order valence-electron chi connectivity index (χ2n) is 5.12. The molecule has 1 aromatic carbocycles. The number of carbonyl (C=O) groups excluding carboxylic acids is 1. The zero-order valence-corrected chi connectivity index (χ0v) is 13.7. The fourth-order valence-corrected chi connectivity index (χ4v) is 2.30. The third kappa shape index (κ3) is 4.22. The maximum atomic E-state index is 12.8. The van der Waals surface area contributed by atoms with Crippen molar-refractivity contribution in [2.24, 2.45) is 0 Å². The van der Waals surface area contributed by atoms with Crippen molar-refractivity contribution in [1.29, 1.82) is 0 Å². The van der Waals surface area contributed by atoms with Crippen molar-refractivity contribution >= 4 is 5.91 Å². The van der Waals surface area contributed by atoms with E-state index in [9.17, 15) is 4.79 Å². The number of nitrogens with zero attached hydrogens (tertiary/aromatic N) is 3. The summed E-state index contributed by atoms with van der Waals surface area (Å²) >= 11 is 0. The van der Waals surface area contributed by atoms with E-state index in [0.29, 0.717) is 31.0 Å². The largest absolute Gasteiger partial charge is 0.489 e. The summed E-state index contributed by atoms with van der Waals surface area (Å²) in [6.45, 7) is 9.98. The molecule has 23 heavy (non-hydrogen) atoms. The van der Waals surface area contributed by atoms with Gasteiger partial charge in [-0.25, -0.2) is 0 Å². The molecule has 0 fully saturated rings. The molecule has 0 atom stereocenters. The molecule has 0 bridgehead atoms. The van der Waals surface area contributed by atoms with E-state index in [-0.39, 0.29) is 5.91 Å². The molecular weight excluding hydrogens is 290 g/mol. The lowest BCUT2D eigenvalue weighted by atomic mass is 10.1. The maximum absolute atomic E-state index is 12.8. The number of rotatable bonds is 8. The van der Waals surface area contributed by atoms with Crippen LogP contribution in [0.15, 0.2) is 49.3 Å². The molecule has 0 aliphatic rings. The van der Waals surface area contributed by atoms with Crippen LogP contribution < -0.4 is 4.74 Å². The van der Waals surface area contributed by atoms with Gasteiger partial charge in [0.25, 0.3) is 5.91 Å². The average molecular weight is 313 g/mol. The number of hydrogen-bond donors (Lipinski definition) is 0. The van der Waals surface area contributed by atoms with Gasteiger partial charge in [0.2, 0.25) is 0 Å². The van der Waals surface area contributed by atoms with Crippen LogP contribution in [0.2, 0.25) is 0 Å². The van der Waals surface area contributed by atoms with Gasteiger partial charge >= 0.3 is 0 Å². The molecule has 0 N–H and O–H groups in total. The highest BCUT2D eigenvalue weighted by Gasteiger charge is 2.19. The highest BCUT2D eigenvalue weighted by molar-refractivity contribution is 5.96. The van der Waals surface area contributed by atoms with E-state index in [1.54, 1.807) is 29.3 Å². The highest BCUT2D eigenvalue weighted by atomic mass is 16.5. The quantitative estimate of drug-likeness (QED) is 0.703. The van der Waals surface area contributed by atoms with Crippen molar-refractivity contribution in [2.45, 2.75) is 26.9 Å². The molecule has 2 aromatic rings. The van der Waals surface area contributed by atoms with Gasteiger partial charge in [-0.1, -0.05) is 24.8 Å².